The number of rotatable bonds is 4. The predicted octanol–water partition coefficient (Wildman–Crippen LogP) is 3.11. The summed E-state index contributed by atoms with van der Waals surface area (Å²) in [6, 6.07) is 13.7. The lowest BCUT2D eigenvalue weighted by atomic mass is 9.96. The Bertz CT molecular complexity index is 876. The van der Waals surface area contributed by atoms with Crippen LogP contribution in [0.1, 0.15) is 23.7 Å². The van der Waals surface area contributed by atoms with Gasteiger partial charge in [-0.25, -0.2) is 0 Å². The molecule has 3 heterocycles. The van der Waals surface area contributed by atoms with Gasteiger partial charge in [0.2, 0.25) is 5.91 Å². The maximum Gasteiger partial charge on any atom is 0.228 e. The minimum absolute atomic E-state index is 0.116. The van der Waals surface area contributed by atoms with Crippen molar-refractivity contribution >= 4 is 11.7 Å². The molecule has 0 saturated heterocycles. The Labute approximate surface area is 145 Å². The zero-order valence-electron chi connectivity index (χ0n) is 13.6. The van der Waals surface area contributed by atoms with Crippen molar-refractivity contribution in [2.45, 2.75) is 18.9 Å². The standard InChI is InChI=1S/C19H18N4O2/c24-19(12-17-15-4-2-1-3-13(15)7-10-25-17)21-18-11-16(22-23-18)14-5-8-20-9-6-14/h1-6,8-9,11,17H,7,10,12H2,(H2,21,22,23,24)/t17-/m0/s1. The van der Waals surface area contributed by atoms with Crippen LogP contribution in [-0.4, -0.2) is 27.7 Å². The molecule has 0 aliphatic carbocycles. The molecule has 4 rings (SSSR count). The first-order valence-electron chi connectivity index (χ1n) is 8.24. The number of aromatic amines is 1. The zero-order valence-corrected chi connectivity index (χ0v) is 13.6. The fourth-order valence-electron chi connectivity index (χ4n) is 3.07. The lowest BCUT2D eigenvalue weighted by Crippen LogP contribution is -2.22. The summed E-state index contributed by atoms with van der Waals surface area (Å²) in [5.74, 6) is 0.385. The fourth-order valence-corrected chi connectivity index (χ4v) is 3.07. The van der Waals surface area contributed by atoms with Crippen molar-refractivity contribution in [1.82, 2.24) is 15.2 Å². The molecule has 0 radical (unpaired) electrons. The number of hydrogen-bond donors (Lipinski definition) is 2. The molecular weight excluding hydrogens is 316 g/mol. The van der Waals surface area contributed by atoms with Gasteiger partial charge in [0.05, 0.1) is 24.8 Å². The van der Waals surface area contributed by atoms with Crippen molar-refractivity contribution in [2.75, 3.05) is 11.9 Å². The van der Waals surface area contributed by atoms with E-state index in [1.165, 1.54) is 5.56 Å². The van der Waals surface area contributed by atoms with Gasteiger partial charge < -0.3 is 10.1 Å². The molecule has 1 amide bonds. The lowest BCUT2D eigenvalue weighted by Gasteiger charge is -2.25. The van der Waals surface area contributed by atoms with Crippen molar-refractivity contribution in [1.29, 1.82) is 0 Å². The van der Waals surface area contributed by atoms with E-state index in [-0.39, 0.29) is 18.4 Å². The van der Waals surface area contributed by atoms with Gasteiger partial charge in [-0.3, -0.25) is 14.9 Å². The number of pyridine rings is 1. The topological polar surface area (TPSA) is 79.9 Å². The highest BCUT2D eigenvalue weighted by Crippen LogP contribution is 2.29. The number of benzene rings is 1. The summed E-state index contributed by atoms with van der Waals surface area (Å²) in [6.45, 7) is 0.642. The molecule has 0 bridgehead atoms. The number of carbonyl (C=O) groups excluding carboxylic acids is 1. The molecule has 1 aromatic carbocycles. The van der Waals surface area contributed by atoms with Gasteiger partial charge in [-0.1, -0.05) is 24.3 Å². The smallest absolute Gasteiger partial charge is 0.228 e. The second-order valence-electron chi connectivity index (χ2n) is 5.96. The summed E-state index contributed by atoms with van der Waals surface area (Å²) in [5.41, 5.74) is 4.15. The molecule has 1 aliphatic heterocycles. The lowest BCUT2D eigenvalue weighted by molar-refractivity contribution is -0.119. The number of hydrogen-bond acceptors (Lipinski definition) is 4. The van der Waals surface area contributed by atoms with Crippen molar-refractivity contribution in [3.05, 3.63) is 66.0 Å². The maximum atomic E-state index is 12.4. The second-order valence-corrected chi connectivity index (χ2v) is 5.96. The molecule has 0 spiro atoms. The molecule has 0 saturated carbocycles. The van der Waals surface area contributed by atoms with Crippen LogP contribution >= 0.6 is 0 Å². The molecule has 0 unspecified atom stereocenters. The third kappa shape index (κ3) is 3.44. The molecule has 126 valence electrons. The predicted molar refractivity (Wildman–Crippen MR) is 93.9 cm³/mol. The molecule has 2 N–H and O–H groups in total. The van der Waals surface area contributed by atoms with Crippen LogP contribution in [0.25, 0.3) is 11.3 Å². The zero-order chi connectivity index (χ0) is 17.1. The summed E-state index contributed by atoms with van der Waals surface area (Å²) in [5, 5.41) is 9.91. The van der Waals surface area contributed by atoms with Crippen LogP contribution in [0.3, 0.4) is 0 Å². The minimum Gasteiger partial charge on any atom is -0.373 e. The Hall–Kier alpha value is -2.99. The Morgan fingerprint density at radius 2 is 2.08 bits per heavy atom. The monoisotopic (exact) mass is 334 g/mol. The fraction of sp³-hybridized carbons (Fsp3) is 0.211. The highest BCUT2D eigenvalue weighted by molar-refractivity contribution is 5.90. The Balaban J connectivity index is 1.43. The Kier molecular flexibility index (Phi) is 4.26. The first-order valence-corrected chi connectivity index (χ1v) is 8.24. The Morgan fingerprint density at radius 3 is 2.96 bits per heavy atom. The van der Waals surface area contributed by atoms with Gasteiger partial charge in [0.25, 0.3) is 0 Å². The van der Waals surface area contributed by atoms with E-state index in [0.29, 0.717) is 12.4 Å². The van der Waals surface area contributed by atoms with Gasteiger partial charge in [-0.05, 0) is 29.7 Å². The van der Waals surface area contributed by atoms with Gasteiger partial charge in [-0.2, -0.15) is 5.10 Å². The summed E-state index contributed by atoms with van der Waals surface area (Å²) in [7, 11) is 0. The van der Waals surface area contributed by atoms with Crippen LogP contribution < -0.4 is 5.32 Å². The summed E-state index contributed by atoms with van der Waals surface area (Å²) in [4.78, 5) is 16.4. The number of H-pyrrole nitrogens is 1. The normalized spacial score (nSPS) is 16.2. The van der Waals surface area contributed by atoms with E-state index >= 15 is 0 Å². The minimum atomic E-state index is -0.205. The number of carbonyl (C=O) groups is 1. The molecule has 1 aliphatic rings. The van der Waals surface area contributed by atoms with E-state index in [0.717, 1.165) is 23.2 Å². The van der Waals surface area contributed by atoms with E-state index in [2.05, 4.69) is 26.6 Å². The average molecular weight is 334 g/mol. The molecule has 6 nitrogen and oxygen atoms in total. The molecular formula is C19H18N4O2. The van der Waals surface area contributed by atoms with E-state index in [1.807, 2.05) is 36.4 Å². The molecule has 2 aromatic heterocycles. The van der Waals surface area contributed by atoms with Gasteiger partial charge in [0.1, 0.15) is 0 Å². The van der Waals surface area contributed by atoms with Crippen molar-refractivity contribution in [3.8, 4) is 11.3 Å². The van der Waals surface area contributed by atoms with E-state index in [4.69, 9.17) is 4.74 Å². The number of fused-ring (bicyclic) bond motifs is 1. The first-order chi connectivity index (χ1) is 12.3. The number of anilines is 1. The van der Waals surface area contributed by atoms with Gasteiger partial charge in [0.15, 0.2) is 5.82 Å². The van der Waals surface area contributed by atoms with Gasteiger partial charge in [0, 0.05) is 24.0 Å². The third-order valence-corrected chi connectivity index (χ3v) is 4.30. The van der Waals surface area contributed by atoms with Gasteiger partial charge in [-0.15, -0.1) is 0 Å². The van der Waals surface area contributed by atoms with Crippen LogP contribution in [0.15, 0.2) is 54.9 Å². The quantitative estimate of drug-likeness (QED) is 0.768. The largest absolute Gasteiger partial charge is 0.373 e. The first kappa shape index (κ1) is 15.5. The molecule has 3 aromatic rings. The number of nitrogens with zero attached hydrogens (tertiary/aromatic N) is 2. The number of ether oxygens (including phenoxy) is 1. The van der Waals surface area contributed by atoms with E-state index < -0.39 is 0 Å². The second kappa shape index (κ2) is 6.86. The summed E-state index contributed by atoms with van der Waals surface area (Å²) in [6.07, 6.45) is 4.39. The maximum absolute atomic E-state index is 12.4. The average Bonchev–Trinajstić information content (AvgIpc) is 3.11. The number of aromatic nitrogens is 3. The highest BCUT2D eigenvalue weighted by atomic mass is 16.5. The van der Waals surface area contributed by atoms with Crippen LogP contribution in [0.4, 0.5) is 5.82 Å². The van der Waals surface area contributed by atoms with Crippen LogP contribution in [0, 0.1) is 0 Å². The molecule has 0 fully saturated rings. The summed E-state index contributed by atoms with van der Waals surface area (Å²) < 4.78 is 5.79. The number of amides is 1. The van der Waals surface area contributed by atoms with Gasteiger partial charge >= 0.3 is 0 Å². The van der Waals surface area contributed by atoms with Crippen molar-refractivity contribution in [3.63, 3.8) is 0 Å². The molecule has 6 heteroatoms. The van der Waals surface area contributed by atoms with E-state index in [1.54, 1.807) is 12.4 Å². The molecule has 25 heavy (non-hydrogen) atoms. The van der Waals surface area contributed by atoms with E-state index in [9.17, 15) is 4.79 Å². The third-order valence-electron chi connectivity index (χ3n) is 4.30. The number of nitrogens with one attached hydrogen (secondary N) is 2. The van der Waals surface area contributed by atoms with Crippen molar-refractivity contribution < 1.29 is 9.53 Å². The Morgan fingerprint density at radius 1 is 1.24 bits per heavy atom. The summed E-state index contributed by atoms with van der Waals surface area (Å²) >= 11 is 0. The van der Waals surface area contributed by atoms with Crippen molar-refractivity contribution in [2.24, 2.45) is 0 Å². The van der Waals surface area contributed by atoms with Crippen LogP contribution in [0.5, 0.6) is 0 Å². The SMILES string of the molecule is O=C(C[C@@H]1OCCc2ccccc21)Nc1cc(-c2ccncc2)[nH]n1. The molecule has 1 atom stereocenters. The van der Waals surface area contributed by atoms with Crippen LogP contribution in [-0.2, 0) is 16.0 Å². The van der Waals surface area contributed by atoms with Crippen LogP contribution in [0.2, 0.25) is 0 Å². The highest BCUT2D eigenvalue weighted by Gasteiger charge is 2.23.